The third-order valence-corrected chi connectivity index (χ3v) is 7.47. The second-order valence-electron chi connectivity index (χ2n) is 8.87. The van der Waals surface area contributed by atoms with Gasteiger partial charge in [0.25, 0.3) is 0 Å². The molecule has 0 saturated carbocycles. The van der Waals surface area contributed by atoms with Gasteiger partial charge in [0.05, 0.1) is 24.0 Å². The molecule has 0 N–H and O–H groups in total. The number of furan rings is 1. The highest BCUT2D eigenvalue weighted by atomic mass is 32.2. The summed E-state index contributed by atoms with van der Waals surface area (Å²) in [7, 11) is 0. The molecule has 0 aliphatic heterocycles. The highest BCUT2D eigenvalue weighted by molar-refractivity contribution is 7.98. The zero-order valence-electron chi connectivity index (χ0n) is 20.5. The Morgan fingerprint density at radius 2 is 1.59 bits per heavy atom. The molecule has 0 saturated heterocycles. The molecule has 6 rings (SSSR count). The van der Waals surface area contributed by atoms with Crippen molar-refractivity contribution in [3.05, 3.63) is 120 Å². The van der Waals surface area contributed by atoms with Gasteiger partial charge in [-0.15, -0.1) is 10.2 Å². The topological polar surface area (TPSA) is 56.7 Å². The van der Waals surface area contributed by atoms with Crippen LogP contribution in [-0.2, 0) is 18.7 Å². The van der Waals surface area contributed by atoms with E-state index in [1.54, 1.807) is 18.0 Å². The lowest BCUT2D eigenvalue weighted by atomic mass is 10.0. The van der Waals surface area contributed by atoms with Crippen LogP contribution in [0, 0.1) is 0 Å². The summed E-state index contributed by atoms with van der Waals surface area (Å²) in [6, 6.07) is 33.3. The predicted molar refractivity (Wildman–Crippen MR) is 149 cm³/mol. The number of thioether (sulfide) groups is 1. The van der Waals surface area contributed by atoms with E-state index in [2.05, 4.69) is 65.1 Å². The van der Waals surface area contributed by atoms with E-state index in [0.29, 0.717) is 6.54 Å². The molecule has 182 valence electrons. The van der Waals surface area contributed by atoms with Gasteiger partial charge in [0.15, 0.2) is 11.0 Å². The average molecular weight is 503 g/mol. The summed E-state index contributed by atoms with van der Waals surface area (Å²) in [4.78, 5) is 4.95. The van der Waals surface area contributed by atoms with Crippen LogP contribution in [0.15, 0.2) is 113 Å². The van der Waals surface area contributed by atoms with Crippen LogP contribution in [0.4, 0.5) is 0 Å². The highest BCUT2D eigenvalue weighted by Gasteiger charge is 2.19. The van der Waals surface area contributed by atoms with Crippen molar-refractivity contribution in [1.29, 1.82) is 0 Å². The number of rotatable bonds is 8. The predicted octanol–water partition coefficient (Wildman–Crippen LogP) is 7.66. The van der Waals surface area contributed by atoms with Gasteiger partial charge in [0, 0.05) is 22.3 Å². The Morgan fingerprint density at radius 1 is 0.811 bits per heavy atom. The molecule has 0 amide bonds. The first-order valence-corrected chi connectivity index (χ1v) is 13.4. The Morgan fingerprint density at radius 3 is 2.38 bits per heavy atom. The molecule has 0 bridgehead atoms. The van der Waals surface area contributed by atoms with Gasteiger partial charge >= 0.3 is 0 Å². The number of fused-ring (bicyclic) bond motifs is 1. The third-order valence-electron chi connectivity index (χ3n) is 6.44. The van der Waals surface area contributed by atoms with Crippen LogP contribution in [0.25, 0.3) is 33.5 Å². The fraction of sp³-hybridized carbons (Fsp3) is 0.129. The molecule has 0 fully saturated rings. The lowest BCUT2D eigenvalue weighted by Gasteiger charge is -2.12. The van der Waals surface area contributed by atoms with E-state index >= 15 is 0 Å². The molecule has 3 aromatic heterocycles. The zero-order chi connectivity index (χ0) is 25.0. The molecule has 37 heavy (non-hydrogen) atoms. The Kier molecular flexibility index (Phi) is 6.57. The van der Waals surface area contributed by atoms with Crippen LogP contribution in [-0.4, -0.2) is 19.7 Å². The molecule has 6 heteroatoms. The van der Waals surface area contributed by atoms with Gasteiger partial charge in [-0.2, -0.15) is 0 Å². The van der Waals surface area contributed by atoms with E-state index in [0.717, 1.165) is 56.6 Å². The molecule has 5 nitrogen and oxygen atoms in total. The Hall–Kier alpha value is -4.16. The number of aromatic nitrogens is 4. The number of pyridine rings is 1. The van der Waals surface area contributed by atoms with Gasteiger partial charge in [-0.3, -0.25) is 4.57 Å². The molecule has 6 aromatic rings. The minimum absolute atomic E-state index is 0.545. The quantitative estimate of drug-likeness (QED) is 0.200. The molecule has 0 atom stereocenters. The molecule has 0 unspecified atom stereocenters. The van der Waals surface area contributed by atoms with Crippen molar-refractivity contribution in [3.8, 4) is 22.6 Å². The Bertz CT molecular complexity index is 1620. The third kappa shape index (κ3) is 4.93. The summed E-state index contributed by atoms with van der Waals surface area (Å²) in [5.41, 5.74) is 6.51. The summed E-state index contributed by atoms with van der Waals surface area (Å²) in [6.07, 6.45) is 2.75. The first-order valence-electron chi connectivity index (χ1n) is 12.4. The van der Waals surface area contributed by atoms with Crippen molar-refractivity contribution >= 4 is 22.7 Å². The Balaban J connectivity index is 1.44. The first-order chi connectivity index (χ1) is 18.3. The van der Waals surface area contributed by atoms with Crippen molar-refractivity contribution in [1.82, 2.24) is 19.7 Å². The van der Waals surface area contributed by atoms with Crippen molar-refractivity contribution < 1.29 is 4.42 Å². The van der Waals surface area contributed by atoms with E-state index in [9.17, 15) is 0 Å². The lowest BCUT2D eigenvalue weighted by Crippen LogP contribution is -2.04. The van der Waals surface area contributed by atoms with Crippen LogP contribution in [0.2, 0.25) is 0 Å². The van der Waals surface area contributed by atoms with E-state index in [1.807, 2.05) is 48.5 Å². The second-order valence-corrected chi connectivity index (χ2v) is 9.81. The SMILES string of the molecule is CCc1ccc(CSc2nnc(-c3cc(-c4ccccc4)nc4ccccc34)n2Cc2ccco2)cc1. The maximum Gasteiger partial charge on any atom is 0.192 e. The lowest BCUT2D eigenvalue weighted by molar-refractivity contribution is 0.485. The maximum atomic E-state index is 5.72. The van der Waals surface area contributed by atoms with Crippen molar-refractivity contribution in [2.75, 3.05) is 0 Å². The monoisotopic (exact) mass is 502 g/mol. The van der Waals surface area contributed by atoms with Gasteiger partial charge in [-0.05, 0) is 41.8 Å². The summed E-state index contributed by atoms with van der Waals surface area (Å²) in [5.74, 6) is 2.47. The smallest absolute Gasteiger partial charge is 0.192 e. The van der Waals surface area contributed by atoms with Crippen LogP contribution >= 0.6 is 11.8 Å². The molecule has 3 aromatic carbocycles. The Labute approximate surface area is 220 Å². The average Bonchev–Trinajstić information content (AvgIpc) is 3.62. The van der Waals surface area contributed by atoms with Crippen molar-refractivity contribution in [2.24, 2.45) is 0 Å². The van der Waals surface area contributed by atoms with Gasteiger partial charge in [0.1, 0.15) is 5.76 Å². The van der Waals surface area contributed by atoms with E-state index in [4.69, 9.17) is 14.5 Å². The zero-order valence-corrected chi connectivity index (χ0v) is 21.4. The van der Waals surface area contributed by atoms with E-state index < -0.39 is 0 Å². The molecular weight excluding hydrogens is 476 g/mol. The van der Waals surface area contributed by atoms with Crippen LogP contribution < -0.4 is 0 Å². The normalized spacial score (nSPS) is 11.3. The molecule has 3 heterocycles. The fourth-order valence-corrected chi connectivity index (χ4v) is 5.33. The van der Waals surface area contributed by atoms with E-state index in [-0.39, 0.29) is 0 Å². The second kappa shape index (κ2) is 10.4. The van der Waals surface area contributed by atoms with Crippen molar-refractivity contribution in [3.63, 3.8) is 0 Å². The standard InChI is InChI=1S/C31H26N4OS/c1-2-22-14-16-23(17-15-22)21-37-31-34-33-30(35(31)20-25-11-8-18-36-25)27-19-29(24-9-4-3-5-10-24)32-28-13-7-6-12-26(27)28/h3-19H,2,20-21H2,1H3. The molecule has 0 radical (unpaired) electrons. The van der Waals surface area contributed by atoms with Gasteiger partial charge in [-0.25, -0.2) is 4.98 Å². The minimum atomic E-state index is 0.545. The minimum Gasteiger partial charge on any atom is -0.467 e. The van der Waals surface area contributed by atoms with Gasteiger partial charge < -0.3 is 4.42 Å². The van der Waals surface area contributed by atoms with E-state index in [1.165, 1.54) is 11.1 Å². The van der Waals surface area contributed by atoms with Gasteiger partial charge in [0.2, 0.25) is 0 Å². The van der Waals surface area contributed by atoms with Crippen molar-refractivity contribution in [2.45, 2.75) is 30.8 Å². The number of aryl methyl sites for hydroxylation is 1. The van der Waals surface area contributed by atoms with Gasteiger partial charge in [-0.1, -0.05) is 91.5 Å². The number of benzene rings is 3. The maximum absolute atomic E-state index is 5.72. The molecular formula is C31H26N4OS. The summed E-state index contributed by atoms with van der Waals surface area (Å²) >= 11 is 1.69. The number of hydrogen-bond acceptors (Lipinski definition) is 5. The summed E-state index contributed by atoms with van der Waals surface area (Å²) in [6.45, 7) is 2.72. The molecule has 0 aliphatic carbocycles. The number of para-hydroxylation sites is 1. The molecule has 0 spiro atoms. The molecule has 0 aliphatic rings. The van der Waals surface area contributed by atoms with Crippen LogP contribution in [0.5, 0.6) is 0 Å². The number of hydrogen-bond donors (Lipinski definition) is 0. The van der Waals surface area contributed by atoms with Crippen LogP contribution in [0.3, 0.4) is 0 Å². The number of nitrogens with zero attached hydrogens (tertiary/aromatic N) is 4. The largest absolute Gasteiger partial charge is 0.467 e. The highest BCUT2D eigenvalue weighted by Crippen LogP contribution is 2.34. The summed E-state index contributed by atoms with van der Waals surface area (Å²) < 4.78 is 7.88. The fourth-order valence-electron chi connectivity index (χ4n) is 4.43. The van der Waals surface area contributed by atoms with Crippen LogP contribution in [0.1, 0.15) is 23.8 Å². The first kappa shape index (κ1) is 23.3. The summed E-state index contributed by atoms with van der Waals surface area (Å²) in [5, 5.41) is 11.3.